The van der Waals surface area contributed by atoms with Crippen LogP contribution in [0.25, 0.3) is 6.08 Å². The SMILES string of the molecule is CC(C)Oc1ccc(Cl)cc1/C=C(\C#N)C(=O)Nc1ccc(O)cc1. The number of aromatic hydroxyl groups is 1. The average Bonchev–Trinajstić information content (AvgIpc) is 2.56. The molecule has 2 aromatic carbocycles. The number of hydrogen-bond donors (Lipinski definition) is 2. The van der Waals surface area contributed by atoms with Crippen LogP contribution in [0.15, 0.2) is 48.0 Å². The molecule has 128 valence electrons. The molecule has 0 aromatic heterocycles. The summed E-state index contributed by atoms with van der Waals surface area (Å²) in [5.74, 6) is 0.0525. The first-order valence-corrected chi connectivity index (χ1v) is 7.95. The predicted octanol–water partition coefficient (Wildman–Crippen LogP) is 4.38. The number of halogens is 1. The fourth-order valence-corrected chi connectivity index (χ4v) is 2.22. The van der Waals surface area contributed by atoms with Gasteiger partial charge in [-0.3, -0.25) is 4.79 Å². The van der Waals surface area contributed by atoms with Gasteiger partial charge < -0.3 is 15.2 Å². The van der Waals surface area contributed by atoms with Gasteiger partial charge in [0.1, 0.15) is 23.1 Å². The molecular formula is C19H17ClN2O3. The van der Waals surface area contributed by atoms with Crippen molar-refractivity contribution in [2.45, 2.75) is 20.0 Å². The summed E-state index contributed by atoms with van der Waals surface area (Å²) in [7, 11) is 0. The lowest BCUT2D eigenvalue weighted by atomic mass is 10.1. The van der Waals surface area contributed by atoms with E-state index in [4.69, 9.17) is 16.3 Å². The molecule has 0 spiro atoms. The monoisotopic (exact) mass is 356 g/mol. The minimum Gasteiger partial charge on any atom is -0.508 e. The van der Waals surface area contributed by atoms with Crippen molar-refractivity contribution in [3.8, 4) is 17.6 Å². The van der Waals surface area contributed by atoms with Crippen LogP contribution in [-0.4, -0.2) is 17.1 Å². The first-order chi connectivity index (χ1) is 11.9. The number of carbonyl (C=O) groups excluding carboxylic acids is 1. The number of amides is 1. The number of anilines is 1. The third-order valence-electron chi connectivity index (χ3n) is 3.12. The zero-order valence-electron chi connectivity index (χ0n) is 13.8. The highest BCUT2D eigenvalue weighted by Gasteiger charge is 2.12. The van der Waals surface area contributed by atoms with Crippen LogP contribution < -0.4 is 10.1 Å². The van der Waals surface area contributed by atoms with E-state index in [1.54, 1.807) is 18.2 Å². The van der Waals surface area contributed by atoms with Crippen molar-refractivity contribution < 1.29 is 14.6 Å². The van der Waals surface area contributed by atoms with Crippen LogP contribution in [-0.2, 0) is 4.79 Å². The highest BCUT2D eigenvalue weighted by atomic mass is 35.5. The van der Waals surface area contributed by atoms with Gasteiger partial charge in [0.15, 0.2) is 0 Å². The Hall–Kier alpha value is -2.97. The molecule has 0 atom stereocenters. The van der Waals surface area contributed by atoms with Gasteiger partial charge in [-0.25, -0.2) is 0 Å². The molecule has 0 aliphatic carbocycles. The van der Waals surface area contributed by atoms with Crippen LogP contribution >= 0.6 is 11.6 Å². The smallest absolute Gasteiger partial charge is 0.266 e. The molecule has 2 rings (SSSR count). The van der Waals surface area contributed by atoms with Gasteiger partial charge in [0.05, 0.1) is 6.10 Å². The topological polar surface area (TPSA) is 82.3 Å². The summed E-state index contributed by atoms with van der Waals surface area (Å²) in [6.45, 7) is 3.76. The Bertz CT molecular complexity index is 837. The zero-order chi connectivity index (χ0) is 18.4. The fourth-order valence-electron chi connectivity index (χ4n) is 2.04. The largest absolute Gasteiger partial charge is 0.508 e. The first kappa shape index (κ1) is 18.4. The summed E-state index contributed by atoms with van der Waals surface area (Å²) in [4.78, 5) is 12.3. The summed E-state index contributed by atoms with van der Waals surface area (Å²) in [6, 6.07) is 12.8. The minimum absolute atomic E-state index is 0.0651. The van der Waals surface area contributed by atoms with Crippen molar-refractivity contribution in [2.24, 2.45) is 0 Å². The average molecular weight is 357 g/mol. The summed E-state index contributed by atoms with van der Waals surface area (Å²) in [6.07, 6.45) is 1.36. The fraction of sp³-hybridized carbons (Fsp3) is 0.158. The molecule has 0 heterocycles. The minimum atomic E-state index is -0.566. The van der Waals surface area contributed by atoms with Crippen molar-refractivity contribution in [1.29, 1.82) is 5.26 Å². The number of phenolic OH excluding ortho intramolecular Hbond substituents is 1. The van der Waals surface area contributed by atoms with Crippen molar-refractivity contribution in [1.82, 2.24) is 0 Å². The maximum atomic E-state index is 12.3. The number of nitriles is 1. The molecule has 0 aliphatic heterocycles. The first-order valence-electron chi connectivity index (χ1n) is 7.57. The van der Waals surface area contributed by atoms with Gasteiger partial charge in [0.25, 0.3) is 5.91 Å². The van der Waals surface area contributed by atoms with Crippen LogP contribution in [0.2, 0.25) is 5.02 Å². The standard InChI is InChI=1S/C19H17ClN2O3/c1-12(2)25-18-8-3-15(20)10-13(18)9-14(11-21)19(24)22-16-4-6-17(23)7-5-16/h3-10,12,23H,1-2H3,(H,22,24)/b14-9+. The molecule has 5 nitrogen and oxygen atoms in total. The molecule has 0 radical (unpaired) electrons. The Labute approximate surface area is 151 Å². The summed E-state index contributed by atoms with van der Waals surface area (Å²) in [5, 5.41) is 21.7. The zero-order valence-corrected chi connectivity index (χ0v) is 14.5. The van der Waals surface area contributed by atoms with E-state index in [1.165, 1.54) is 30.3 Å². The molecule has 2 aromatic rings. The lowest BCUT2D eigenvalue weighted by molar-refractivity contribution is -0.112. The van der Waals surface area contributed by atoms with Crippen molar-refractivity contribution >= 4 is 29.3 Å². The Morgan fingerprint density at radius 2 is 1.96 bits per heavy atom. The normalized spacial score (nSPS) is 11.1. The molecule has 0 aliphatic rings. The Kier molecular flexibility index (Phi) is 6.04. The van der Waals surface area contributed by atoms with E-state index in [1.807, 2.05) is 19.9 Å². The highest BCUT2D eigenvalue weighted by molar-refractivity contribution is 6.30. The molecule has 2 N–H and O–H groups in total. The predicted molar refractivity (Wildman–Crippen MR) is 97.5 cm³/mol. The summed E-state index contributed by atoms with van der Waals surface area (Å²) in [5.41, 5.74) is 0.913. The maximum absolute atomic E-state index is 12.3. The number of nitrogens with one attached hydrogen (secondary N) is 1. The molecule has 0 fully saturated rings. The van der Waals surface area contributed by atoms with E-state index >= 15 is 0 Å². The van der Waals surface area contributed by atoms with Gasteiger partial charge in [-0.1, -0.05) is 11.6 Å². The molecule has 6 heteroatoms. The summed E-state index contributed by atoms with van der Waals surface area (Å²) >= 11 is 6.01. The number of ether oxygens (including phenoxy) is 1. The van der Waals surface area contributed by atoms with E-state index in [0.717, 1.165) is 0 Å². The van der Waals surface area contributed by atoms with Gasteiger partial charge in [-0.05, 0) is 62.4 Å². The number of hydrogen-bond acceptors (Lipinski definition) is 4. The number of benzene rings is 2. The number of nitrogens with zero attached hydrogens (tertiary/aromatic N) is 1. The van der Waals surface area contributed by atoms with Gasteiger partial charge in [0, 0.05) is 16.3 Å². The van der Waals surface area contributed by atoms with E-state index in [9.17, 15) is 15.2 Å². The molecule has 25 heavy (non-hydrogen) atoms. The Morgan fingerprint density at radius 1 is 1.28 bits per heavy atom. The molecule has 1 amide bonds. The maximum Gasteiger partial charge on any atom is 0.266 e. The number of phenols is 1. The number of carbonyl (C=O) groups is 1. The molecule has 0 unspecified atom stereocenters. The quantitative estimate of drug-likeness (QED) is 0.473. The van der Waals surface area contributed by atoms with E-state index in [2.05, 4.69) is 5.32 Å². The van der Waals surface area contributed by atoms with E-state index in [0.29, 0.717) is 22.0 Å². The second-order valence-corrected chi connectivity index (χ2v) is 5.96. The van der Waals surface area contributed by atoms with Crippen LogP contribution in [0.1, 0.15) is 19.4 Å². The van der Waals surface area contributed by atoms with Crippen LogP contribution in [0.5, 0.6) is 11.5 Å². The van der Waals surface area contributed by atoms with E-state index in [-0.39, 0.29) is 17.4 Å². The van der Waals surface area contributed by atoms with Crippen molar-refractivity contribution in [3.05, 3.63) is 58.6 Å². The van der Waals surface area contributed by atoms with Gasteiger partial charge in [0.2, 0.25) is 0 Å². The molecular weight excluding hydrogens is 340 g/mol. The second-order valence-electron chi connectivity index (χ2n) is 5.52. The molecule has 0 saturated carbocycles. The molecule has 0 bridgehead atoms. The van der Waals surface area contributed by atoms with Crippen LogP contribution in [0, 0.1) is 11.3 Å². The number of rotatable bonds is 5. The molecule has 0 saturated heterocycles. The third-order valence-corrected chi connectivity index (χ3v) is 3.36. The van der Waals surface area contributed by atoms with E-state index < -0.39 is 5.91 Å². The lowest BCUT2D eigenvalue weighted by Gasteiger charge is -2.13. The third kappa shape index (κ3) is 5.27. The van der Waals surface area contributed by atoms with Crippen molar-refractivity contribution in [3.63, 3.8) is 0 Å². The highest BCUT2D eigenvalue weighted by Crippen LogP contribution is 2.26. The Balaban J connectivity index is 2.30. The Morgan fingerprint density at radius 3 is 2.56 bits per heavy atom. The van der Waals surface area contributed by atoms with Gasteiger partial charge in [-0.2, -0.15) is 5.26 Å². The van der Waals surface area contributed by atoms with Crippen LogP contribution in [0.4, 0.5) is 5.69 Å². The summed E-state index contributed by atoms with van der Waals surface area (Å²) < 4.78 is 5.68. The second kappa shape index (κ2) is 8.22. The van der Waals surface area contributed by atoms with Crippen molar-refractivity contribution in [2.75, 3.05) is 5.32 Å². The lowest BCUT2D eigenvalue weighted by Crippen LogP contribution is -2.13. The van der Waals surface area contributed by atoms with Crippen LogP contribution in [0.3, 0.4) is 0 Å². The van der Waals surface area contributed by atoms with Gasteiger partial charge in [-0.15, -0.1) is 0 Å². The van der Waals surface area contributed by atoms with Gasteiger partial charge >= 0.3 is 0 Å².